The van der Waals surface area contributed by atoms with E-state index in [-0.39, 0.29) is 39.7 Å². The molecule has 1 aromatic heterocycles. The predicted molar refractivity (Wildman–Crippen MR) is 183 cm³/mol. The lowest BCUT2D eigenvalue weighted by molar-refractivity contribution is -0.358. The van der Waals surface area contributed by atoms with E-state index < -0.39 is 109 Å². The molecule has 6 rings (SSSR count). The lowest BCUT2D eigenvalue weighted by Gasteiger charge is -2.45. The van der Waals surface area contributed by atoms with Crippen molar-refractivity contribution in [3.63, 3.8) is 0 Å². The number of carbonyl (C=O) groups is 1. The Balaban J connectivity index is 1.28. The molecule has 2 saturated heterocycles. The highest BCUT2D eigenvalue weighted by Crippen LogP contribution is 2.38. The number of aliphatic hydroxyl groups excluding tert-OH is 6. The third-order valence-electron chi connectivity index (χ3n) is 8.87. The summed E-state index contributed by atoms with van der Waals surface area (Å²) < 4.78 is 34.0. The van der Waals surface area contributed by atoms with Crippen molar-refractivity contribution in [2.75, 3.05) is 13.2 Å². The summed E-state index contributed by atoms with van der Waals surface area (Å²) in [5.74, 6) is -3.81. The Bertz CT molecular complexity index is 2100. The van der Waals surface area contributed by atoms with Gasteiger partial charge in [-0.25, -0.2) is 4.79 Å². The molecular formula is C36H36O19. The molecule has 2 aliphatic heterocycles. The van der Waals surface area contributed by atoms with Gasteiger partial charge in [0.15, 0.2) is 18.2 Å². The summed E-state index contributed by atoms with van der Waals surface area (Å²) >= 11 is 0. The molecule has 0 amide bonds. The van der Waals surface area contributed by atoms with Gasteiger partial charge in [0.2, 0.25) is 17.5 Å². The maximum Gasteiger partial charge on any atom is 0.330 e. The molecule has 4 aromatic rings. The number of benzene rings is 3. The Morgan fingerprint density at radius 2 is 1.40 bits per heavy atom. The van der Waals surface area contributed by atoms with Crippen molar-refractivity contribution < 1.29 is 89.1 Å². The van der Waals surface area contributed by atoms with Crippen LogP contribution >= 0.6 is 0 Å². The minimum Gasteiger partial charge on any atom is -0.508 e. The average Bonchev–Trinajstić information content (AvgIpc) is 3.15. The van der Waals surface area contributed by atoms with Gasteiger partial charge in [-0.1, -0.05) is 0 Å². The second kappa shape index (κ2) is 16.1. The van der Waals surface area contributed by atoms with E-state index >= 15 is 0 Å². The first-order chi connectivity index (χ1) is 26.2. The number of fused-ring (bicyclic) bond motifs is 1. The van der Waals surface area contributed by atoms with Gasteiger partial charge in [-0.2, -0.15) is 0 Å². The topological polar surface area (TPSA) is 316 Å². The highest BCUT2D eigenvalue weighted by Gasteiger charge is 2.52. The number of hydrogen-bond donors (Lipinski definition) is 11. The summed E-state index contributed by atoms with van der Waals surface area (Å²) in [6.07, 6.45) is -16.8. The average molecular weight is 773 g/mol. The molecule has 3 aromatic carbocycles. The van der Waals surface area contributed by atoms with Crippen molar-refractivity contribution in [2.45, 2.75) is 61.4 Å². The molecule has 11 N–H and O–H groups in total. The number of ether oxygens (including phenoxy) is 5. The molecule has 3 heterocycles. The van der Waals surface area contributed by atoms with Gasteiger partial charge in [0.1, 0.15) is 89.1 Å². The van der Waals surface area contributed by atoms with Crippen LogP contribution in [0.3, 0.4) is 0 Å². The minimum atomic E-state index is -2.06. The van der Waals surface area contributed by atoms with Crippen LogP contribution in [0.1, 0.15) is 5.56 Å². The predicted octanol–water partition coefficient (Wildman–Crippen LogP) is -0.745. The molecule has 19 nitrogen and oxygen atoms in total. The molecule has 0 radical (unpaired) electrons. The van der Waals surface area contributed by atoms with E-state index in [0.717, 1.165) is 24.3 Å². The van der Waals surface area contributed by atoms with Crippen molar-refractivity contribution in [3.8, 4) is 45.8 Å². The van der Waals surface area contributed by atoms with Crippen molar-refractivity contribution in [3.05, 3.63) is 76.5 Å². The summed E-state index contributed by atoms with van der Waals surface area (Å²) in [5.41, 5.74) is -1.13. The SMILES string of the molecule is O=C(C=Cc1cc(O)ccc1O)OCC1OC(OC2C(Oc3c(-c4ccc(O)cc4)oc4cc(O)cc(O)c4c3=O)OC(CO)C(O)C2O)C(O)C(O)C1O. The zero-order valence-corrected chi connectivity index (χ0v) is 28.2. The number of phenolic OH excluding ortho intramolecular Hbond substituents is 5. The highest BCUT2D eigenvalue weighted by molar-refractivity contribution is 5.88. The second-order valence-corrected chi connectivity index (χ2v) is 12.6. The maximum atomic E-state index is 13.9. The van der Waals surface area contributed by atoms with Crippen LogP contribution in [-0.2, 0) is 23.7 Å². The Hall–Kier alpha value is -5.48. The van der Waals surface area contributed by atoms with E-state index in [2.05, 4.69) is 0 Å². The van der Waals surface area contributed by atoms with Crippen LogP contribution in [0, 0.1) is 0 Å². The Labute approximate surface area is 308 Å². The van der Waals surface area contributed by atoms with Crippen LogP contribution in [0.5, 0.6) is 34.5 Å². The van der Waals surface area contributed by atoms with Gasteiger partial charge in [-0.3, -0.25) is 4.79 Å². The molecule has 0 aliphatic carbocycles. The van der Waals surface area contributed by atoms with Crippen LogP contribution in [0.25, 0.3) is 28.4 Å². The molecule has 19 heteroatoms. The smallest absolute Gasteiger partial charge is 0.330 e. The van der Waals surface area contributed by atoms with Crippen LogP contribution in [-0.4, -0.2) is 137 Å². The zero-order valence-electron chi connectivity index (χ0n) is 28.2. The Kier molecular flexibility index (Phi) is 11.5. The second-order valence-electron chi connectivity index (χ2n) is 12.6. The van der Waals surface area contributed by atoms with Crippen molar-refractivity contribution in [1.29, 1.82) is 0 Å². The van der Waals surface area contributed by atoms with Gasteiger partial charge in [-0.05, 0) is 48.5 Å². The summed E-state index contributed by atoms with van der Waals surface area (Å²) in [6, 6.07) is 10.6. The van der Waals surface area contributed by atoms with Crippen molar-refractivity contribution >= 4 is 23.0 Å². The third-order valence-corrected chi connectivity index (χ3v) is 8.87. The fourth-order valence-corrected chi connectivity index (χ4v) is 5.96. The first-order valence-corrected chi connectivity index (χ1v) is 16.5. The quantitative estimate of drug-likeness (QED) is 0.0537. The van der Waals surface area contributed by atoms with Crippen LogP contribution in [0.2, 0.25) is 0 Å². The minimum absolute atomic E-state index is 0.0707. The Morgan fingerprint density at radius 3 is 2.11 bits per heavy atom. The number of aliphatic hydroxyl groups is 6. The van der Waals surface area contributed by atoms with E-state index in [0.29, 0.717) is 0 Å². The van der Waals surface area contributed by atoms with Gasteiger partial charge in [-0.15, -0.1) is 0 Å². The third kappa shape index (κ3) is 8.15. The molecule has 2 fully saturated rings. The number of hydrogen-bond acceptors (Lipinski definition) is 19. The highest BCUT2D eigenvalue weighted by atomic mass is 16.8. The van der Waals surface area contributed by atoms with Gasteiger partial charge in [0.05, 0.1) is 6.61 Å². The van der Waals surface area contributed by atoms with Gasteiger partial charge >= 0.3 is 5.97 Å². The summed E-state index contributed by atoms with van der Waals surface area (Å²) in [4.78, 5) is 26.4. The number of carbonyl (C=O) groups excluding carboxylic acids is 1. The molecule has 10 atom stereocenters. The van der Waals surface area contributed by atoms with Gasteiger partial charge in [0, 0.05) is 29.3 Å². The fourth-order valence-electron chi connectivity index (χ4n) is 5.96. The molecule has 10 unspecified atom stereocenters. The van der Waals surface area contributed by atoms with E-state index in [4.69, 9.17) is 28.1 Å². The normalized spacial score (nSPS) is 28.3. The monoisotopic (exact) mass is 772 g/mol. The molecular weight excluding hydrogens is 736 g/mol. The lowest BCUT2D eigenvalue weighted by Crippen LogP contribution is -2.65. The zero-order chi connectivity index (χ0) is 39.7. The van der Waals surface area contributed by atoms with Crippen LogP contribution in [0.4, 0.5) is 0 Å². The fraction of sp³-hybridized carbons (Fsp3) is 0.333. The number of esters is 1. The van der Waals surface area contributed by atoms with E-state index in [9.17, 15) is 65.8 Å². The Morgan fingerprint density at radius 1 is 0.727 bits per heavy atom. The summed E-state index contributed by atoms with van der Waals surface area (Å²) in [5, 5.41) is 113. The van der Waals surface area contributed by atoms with Crippen LogP contribution < -0.4 is 10.2 Å². The molecule has 294 valence electrons. The number of phenols is 5. The van der Waals surface area contributed by atoms with Crippen molar-refractivity contribution in [2.24, 2.45) is 0 Å². The van der Waals surface area contributed by atoms with Gasteiger partial charge < -0.3 is 84.3 Å². The lowest BCUT2D eigenvalue weighted by atomic mass is 9.97. The first kappa shape index (κ1) is 39.2. The molecule has 0 spiro atoms. The number of rotatable bonds is 10. The number of aromatic hydroxyl groups is 5. The van der Waals surface area contributed by atoms with E-state index in [1.165, 1.54) is 42.5 Å². The molecule has 0 bridgehead atoms. The molecule has 0 saturated carbocycles. The molecule has 55 heavy (non-hydrogen) atoms. The summed E-state index contributed by atoms with van der Waals surface area (Å²) in [7, 11) is 0. The van der Waals surface area contributed by atoms with Gasteiger partial charge in [0.25, 0.3) is 0 Å². The standard InChI is InChI=1S/C36H36O19/c37-12-22-26(44)30(48)34(55-35-31(49)29(47)27(45)23(53-35)13-50-24(43)8-3-15-9-17(39)6-7-19(15)41)36(52-22)54-33-28(46)25-20(42)10-18(40)11-21(25)51-32(33)14-1-4-16(38)5-2-14/h1-11,22-23,26-27,29-31,34-42,44-45,47-49H,12-13H2. The largest absolute Gasteiger partial charge is 0.508 e. The van der Waals surface area contributed by atoms with E-state index in [1.54, 1.807) is 0 Å². The molecule has 2 aliphatic rings. The van der Waals surface area contributed by atoms with Crippen LogP contribution in [0.15, 0.2) is 69.9 Å². The maximum absolute atomic E-state index is 13.9. The van der Waals surface area contributed by atoms with E-state index in [1.807, 2.05) is 0 Å². The first-order valence-electron chi connectivity index (χ1n) is 16.5. The summed E-state index contributed by atoms with van der Waals surface area (Å²) in [6.45, 7) is -1.63. The van der Waals surface area contributed by atoms with Crippen molar-refractivity contribution in [1.82, 2.24) is 0 Å².